The van der Waals surface area contributed by atoms with Gasteiger partial charge in [0.2, 0.25) is 0 Å². The number of hydrogen-bond donors (Lipinski definition) is 1. The molecule has 0 radical (unpaired) electrons. The Labute approximate surface area is 143 Å². The van der Waals surface area contributed by atoms with E-state index in [9.17, 15) is 4.79 Å². The number of thiophene rings is 1. The Kier molecular flexibility index (Phi) is 4.75. The lowest BCUT2D eigenvalue weighted by atomic mass is 10.1. The van der Waals surface area contributed by atoms with Gasteiger partial charge >= 0.3 is 0 Å². The number of rotatable bonds is 4. The highest BCUT2D eigenvalue weighted by Gasteiger charge is 2.23. The van der Waals surface area contributed by atoms with Crippen molar-refractivity contribution in [2.45, 2.75) is 32.5 Å². The molecule has 0 saturated carbocycles. The summed E-state index contributed by atoms with van der Waals surface area (Å²) in [6, 6.07) is 0. The average molecular weight is 350 g/mol. The van der Waals surface area contributed by atoms with Crippen molar-refractivity contribution in [2.75, 3.05) is 0 Å². The maximum atomic E-state index is 12.6. The molecule has 5 nitrogen and oxygen atoms in total. The van der Waals surface area contributed by atoms with E-state index in [1.54, 1.807) is 17.7 Å². The minimum Gasteiger partial charge on any atom is -0.369 e. The van der Waals surface area contributed by atoms with Gasteiger partial charge in [0.05, 0.1) is 21.9 Å². The molecular formula is C16H16ClN3O2S. The third-order valence-corrected chi connectivity index (χ3v) is 4.51. The van der Waals surface area contributed by atoms with Gasteiger partial charge in [0.25, 0.3) is 5.91 Å². The van der Waals surface area contributed by atoms with E-state index in [0.717, 1.165) is 4.70 Å². The fraction of sp³-hybridized carbons (Fsp3) is 0.312. The van der Waals surface area contributed by atoms with E-state index in [0.29, 0.717) is 28.2 Å². The maximum Gasteiger partial charge on any atom is 0.258 e. The summed E-state index contributed by atoms with van der Waals surface area (Å²) in [7, 11) is 0. The summed E-state index contributed by atoms with van der Waals surface area (Å²) in [4.78, 5) is 20.8. The van der Waals surface area contributed by atoms with Crippen LogP contribution in [0.3, 0.4) is 0 Å². The zero-order chi connectivity index (χ0) is 16.4. The molecule has 0 fully saturated rings. The molecule has 2 heterocycles. The average Bonchev–Trinajstić information content (AvgIpc) is 2.93. The Balaban J connectivity index is 1.84. The van der Waals surface area contributed by atoms with Crippen molar-refractivity contribution in [1.29, 1.82) is 0 Å². The molecule has 2 aromatic rings. The molecule has 2 aromatic heterocycles. The Hall–Kier alpha value is -1.76. The SMILES string of the molecule is CC(C)OC1CC=C(Cl)C=C1NC(=O)c1csc2cncnc12. The van der Waals surface area contributed by atoms with Crippen LogP contribution in [0, 0.1) is 0 Å². The minimum absolute atomic E-state index is 0.0558. The van der Waals surface area contributed by atoms with Gasteiger partial charge in [-0.15, -0.1) is 11.3 Å². The van der Waals surface area contributed by atoms with Crippen molar-refractivity contribution in [3.8, 4) is 0 Å². The van der Waals surface area contributed by atoms with E-state index in [2.05, 4.69) is 15.3 Å². The smallest absolute Gasteiger partial charge is 0.258 e. The molecule has 0 aromatic carbocycles. The lowest BCUT2D eigenvalue weighted by Crippen LogP contribution is -2.33. The first-order valence-electron chi connectivity index (χ1n) is 7.26. The Morgan fingerprint density at radius 3 is 3.13 bits per heavy atom. The van der Waals surface area contributed by atoms with E-state index in [4.69, 9.17) is 16.3 Å². The molecule has 23 heavy (non-hydrogen) atoms. The van der Waals surface area contributed by atoms with E-state index in [1.807, 2.05) is 19.9 Å². The number of amides is 1. The molecule has 7 heteroatoms. The third-order valence-electron chi connectivity index (χ3n) is 3.34. The quantitative estimate of drug-likeness (QED) is 0.915. The van der Waals surface area contributed by atoms with Crippen LogP contribution in [0.15, 0.2) is 40.8 Å². The Morgan fingerprint density at radius 2 is 2.35 bits per heavy atom. The van der Waals surface area contributed by atoms with Crippen molar-refractivity contribution in [1.82, 2.24) is 15.3 Å². The van der Waals surface area contributed by atoms with Crippen molar-refractivity contribution in [3.05, 3.63) is 46.3 Å². The molecule has 0 aliphatic heterocycles. The lowest BCUT2D eigenvalue weighted by Gasteiger charge is -2.25. The van der Waals surface area contributed by atoms with E-state index >= 15 is 0 Å². The molecule has 0 spiro atoms. The predicted molar refractivity (Wildman–Crippen MR) is 91.5 cm³/mol. The molecule has 1 N–H and O–H groups in total. The highest BCUT2D eigenvalue weighted by Crippen LogP contribution is 2.25. The number of carbonyl (C=O) groups excluding carboxylic acids is 1. The van der Waals surface area contributed by atoms with Crippen LogP contribution in [0.25, 0.3) is 10.2 Å². The van der Waals surface area contributed by atoms with Crippen LogP contribution in [0.5, 0.6) is 0 Å². The van der Waals surface area contributed by atoms with Crippen molar-refractivity contribution >= 4 is 39.1 Å². The van der Waals surface area contributed by atoms with Gasteiger partial charge in [-0.25, -0.2) is 9.97 Å². The molecule has 0 bridgehead atoms. The molecule has 1 amide bonds. The zero-order valence-electron chi connectivity index (χ0n) is 12.7. The second-order valence-electron chi connectivity index (χ2n) is 5.44. The number of nitrogens with one attached hydrogen (secondary N) is 1. The first-order valence-corrected chi connectivity index (χ1v) is 8.51. The number of hydrogen-bond acceptors (Lipinski definition) is 5. The van der Waals surface area contributed by atoms with Gasteiger partial charge in [0, 0.05) is 22.3 Å². The van der Waals surface area contributed by atoms with E-state index in [1.165, 1.54) is 17.7 Å². The number of ether oxygens (including phenoxy) is 1. The van der Waals surface area contributed by atoms with Crippen LogP contribution in [-0.4, -0.2) is 28.1 Å². The van der Waals surface area contributed by atoms with Crippen LogP contribution >= 0.6 is 22.9 Å². The van der Waals surface area contributed by atoms with Gasteiger partial charge in [-0.1, -0.05) is 17.7 Å². The standard InChI is InChI=1S/C16H16ClN3O2S/c1-9(2)22-13-4-3-10(17)5-12(13)20-16(21)11-7-23-14-6-18-8-19-15(11)14/h3,5-9,13H,4H2,1-2H3,(H,20,21). The number of allylic oxidation sites excluding steroid dienone is 2. The molecule has 1 atom stereocenters. The molecule has 1 aliphatic carbocycles. The van der Waals surface area contributed by atoms with E-state index in [-0.39, 0.29) is 18.1 Å². The number of fused-ring (bicyclic) bond motifs is 1. The number of carbonyl (C=O) groups is 1. The van der Waals surface area contributed by atoms with Gasteiger partial charge in [-0.2, -0.15) is 0 Å². The highest BCUT2D eigenvalue weighted by atomic mass is 35.5. The fourth-order valence-corrected chi connectivity index (χ4v) is 3.43. The van der Waals surface area contributed by atoms with Crippen molar-refractivity contribution in [3.63, 3.8) is 0 Å². The van der Waals surface area contributed by atoms with Gasteiger partial charge < -0.3 is 10.1 Å². The van der Waals surface area contributed by atoms with Crippen LogP contribution < -0.4 is 5.32 Å². The fourth-order valence-electron chi connectivity index (χ4n) is 2.36. The number of halogens is 1. The topological polar surface area (TPSA) is 64.1 Å². The molecule has 1 aliphatic rings. The maximum absolute atomic E-state index is 12.6. The van der Waals surface area contributed by atoms with Crippen LogP contribution in [-0.2, 0) is 4.74 Å². The van der Waals surface area contributed by atoms with Crippen LogP contribution in [0.4, 0.5) is 0 Å². The summed E-state index contributed by atoms with van der Waals surface area (Å²) in [5.74, 6) is -0.218. The summed E-state index contributed by atoms with van der Waals surface area (Å²) < 4.78 is 6.73. The second kappa shape index (κ2) is 6.78. The van der Waals surface area contributed by atoms with E-state index < -0.39 is 0 Å². The number of aromatic nitrogens is 2. The summed E-state index contributed by atoms with van der Waals surface area (Å²) in [6.45, 7) is 3.92. The van der Waals surface area contributed by atoms with Crippen LogP contribution in [0.2, 0.25) is 0 Å². The zero-order valence-corrected chi connectivity index (χ0v) is 14.3. The summed E-state index contributed by atoms with van der Waals surface area (Å²) in [5.41, 5.74) is 1.86. The lowest BCUT2D eigenvalue weighted by molar-refractivity contribution is 0.0260. The second-order valence-corrected chi connectivity index (χ2v) is 6.78. The van der Waals surface area contributed by atoms with Gasteiger partial charge in [-0.3, -0.25) is 4.79 Å². The Bertz CT molecular complexity index is 797. The summed E-state index contributed by atoms with van der Waals surface area (Å²) in [5, 5.41) is 5.30. The first-order chi connectivity index (χ1) is 11.0. The van der Waals surface area contributed by atoms with Crippen LogP contribution in [0.1, 0.15) is 30.6 Å². The first kappa shape index (κ1) is 16.1. The van der Waals surface area contributed by atoms with Crippen molar-refractivity contribution < 1.29 is 9.53 Å². The van der Waals surface area contributed by atoms with Crippen molar-refractivity contribution in [2.24, 2.45) is 0 Å². The monoisotopic (exact) mass is 349 g/mol. The minimum atomic E-state index is -0.218. The highest BCUT2D eigenvalue weighted by molar-refractivity contribution is 7.17. The molecule has 120 valence electrons. The summed E-state index contributed by atoms with van der Waals surface area (Å²) >= 11 is 7.52. The number of nitrogens with zero attached hydrogens (tertiary/aromatic N) is 2. The van der Waals surface area contributed by atoms with Gasteiger partial charge in [0.15, 0.2) is 0 Å². The largest absolute Gasteiger partial charge is 0.369 e. The molecular weight excluding hydrogens is 334 g/mol. The normalized spacial score (nSPS) is 18.0. The van der Waals surface area contributed by atoms with Gasteiger partial charge in [-0.05, 0) is 26.3 Å². The summed E-state index contributed by atoms with van der Waals surface area (Å²) in [6.07, 6.45) is 7.25. The predicted octanol–water partition coefficient (Wildman–Crippen LogP) is 3.63. The molecule has 1 unspecified atom stereocenters. The third kappa shape index (κ3) is 3.60. The van der Waals surface area contributed by atoms with Gasteiger partial charge in [0.1, 0.15) is 12.4 Å². The Morgan fingerprint density at radius 1 is 1.52 bits per heavy atom. The molecule has 0 saturated heterocycles. The molecule has 3 rings (SSSR count).